The zero-order chi connectivity index (χ0) is 26.0. The van der Waals surface area contributed by atoms with Crippen LogP contribution in [0.5, 0.6) is 0 Å². The molecule has 1 unspecified atom stereocenters. The van der Waals surface area contributed by atoms with Crippen LogP contribution in [0.15, 0.2) is 66.5 Å². The molecule has 0 fully saturated rings. The fraction of sp³-hybridized carbons (Fsp3) is 0.320. The molecule has 0 bridgehead atoms. The first-order valence-electron chi connectivity index (χ1n) is 10.9. The van der Waals surface area contributed by atoms with E-state index in [9.17, 15) is 18.4 Å². The Bertz CT molecular complexity index is 1060. The molecule has 0 aliphatic rings. The molecule has 1 aromatic carbocycles. The zero-order valence-electron chi connectivity index (χ0n) is 19.5. The lowest BCUT2D eigenvalue weighted by molar-refractivity contribution is -0.135. The number of alkyl halides is 2. The number of benzene rings is 1. The van der Waals surface area contributed by atoms with Gasteiger partial charge in [-0.25, -0.2) is 0 Å². The van der Waals surface area contributed by atoms with Gasteiger partial charge in [0.25, 0.3) is 0 Å². The maximum Gasteiger partial charge on any atom is 0.301 e. The molecule has 188 valence electrons. The first kappa shape index (κ1) is 28.4. The Hall–Kier alpha value is -2.81. The van der Waals surface area contributed by atoms with Gasteiger partial charge < -0.3 is 5.32 Å². The molecular weight excluding hydrogens is 497 g/mol. The maximum absolute atomic E-state index is 14.6. The van der Waals surface area contributed by atoms with E-state index in [1.165, 1.54) is 36.5 Å². The minimum Gasteiger partial charge on any atom is -0.350 e. The molecule has 0 aliphatic carbocycles. The number of hydrogen-bond acceptors (Lipinski definition) is 4. The standard InChI is InChI=1S/C25H28Cl2F2N4O2/c1-4-8-20(32-16-25(28,29)21-9-6-7-12-30-21)24(35)33(22(27)5-2)15-23(34)31-14-18-13-19(26)11-10-17(18)3/h4-7,9-13,20,32H,1,8,14-16H2,2-3H3,(H,31,34)/b22-5-. The van der Waals surface area contributed by atoms with E-state index in [-0.39, 0.29) is 18.1 Å². The van der Waals surface area contributed by atoms with Gasteiger partial charge in [-0.05, 0) is 55.7 Å². The molecule has 35 heavy (non-hydrogen) atoms. The molecule has 0 spiro atoms. The number of rotatable bonds is 12. The Labute approximate surface area is 214 Å². The van der Waals surface area contributed by atoms with Gasteiger partial charge in [-0.15, -0.1) is 6.58 Å². The Morgan fingerprint density at radius 2 is 2.03 bits per heavy atom. The van der Waals surface area contributed by atoms with Crippen molar-refractivity contribution in [3.05, 3.63) is 88.3 Å². The van der Waals surface area contributed by atoms with Gasteiger partial charge in [-0.2, -0.15) is 8.78 Å². The zero-order valence-corrected chi connectivity index (χ0v) is 21.0. The van der Waals surface area contributed by atoms with Gasteiger partial charge in [-0.1, -0.05) is 47.5 Å². The second kappa shape index (κ2) is 13.3. The Kier molecular flexibility index (Phi) is 10.8. The summed E-state index contributed by atoms with van der Waals surface area (Å²) in [4.78, 5) is 30.6. The first-order valence-corrected chi connectivity index (χ1v) is 11.6. The van der Waals surface area contributed by atoms with Crippen molar-refractivity contribution in [2.45, 2.75) is 38.8 Å². The summed E-state index contributed by atoms with van der Waals surface area (Å²) < 4.78 is 29.2. The number of pyridine rings is 1. The number of nitrogens with one attached hydrogen (secondary N) is 2. The number of allylic oxidation sites excluding steroid dienone is 1. The van der Waals surface area contributed by atoms with Gasteiger partial charge in [0.2, 0.25) is 11.8 Å². The number of nitrogens with zero attached hydrogens (tertiary/aromatic N) is 2. The smallest absolute Gasteiger partial charge is 0.301 e. The summed E-state index contributed by atoms with van der Waals surface area (Å²) >= 11 is 12.2. The molecule has 0 radical (unpaired) electrons. The molecule has 1 heterocycles. The quantitative estimate of drug-likeness (QED) is 0.305. The van der Waals surface area contributed by atoms with Gasteiger partial charge in [0.05, 0.1) is 12.6 Å². The van der Waals surface area contributed by atoms with Crippen molar-refractivity contribution in [1.82, 2.24) is 20.5 Å². The third-order valence-electron chi connectivity index (χ3n) is 5.16. The van der Waals surface area contributed by atoms with E-state index >= 15 is 0 Å². The molecular formula is C25H28Cl2F2N4O2. The Morgan fingerprint density at radius 3 is 2.66 bits per heavy atom. The van der Waals surface area contributed by atoms with Crippen LogP contribution in [0.25, 0.3) is 0 Å². The molecule has 2 N–H and O–H groups in total. The van der Waals surface area contributed by atoms with Crippen LogP contribution in [0.3, 0.4) is 0 Å². The van der Waals surface area contributed by atoms with E-state index in [1.54, 1.807) is 19.1 Å². The molecule has 10 heteroatoms. The van der Waals surface area contributed by atoms with Crippen molar-refractivity contribution in [2.75, 3.05) is 13.1 Å². The second-order valence-electron chi connectivity index (χ2n) is 7.76. The molecule has 1 aromatic heterocycles. The normalized spacial score (nSPS) is 12.7. The van der Waals surface area contributed by atoms with Crippen LogP contribution in [-0.4, -0.2) is 40.8 Å². The summed E-state index contributed by atoms with van der Waals surface area (Å²) in [5.74, 6) is -4.43. The van der Waals surface area contributed by atoms with E-state index in [0.717, 1.165) is 16.0 Å². The number of aromatic nitrogens is 1. The Morgan fingerprint density at radius 1 is 1.29 bits per heavy atom. The number of amides is 2. The lowest BCUT2D eigenvalue weighted by atomic mass is 10.1. The van der Waals surface area contributed by atoms with Crippen molar-refractivity contribution in [2.24, 2.45) is 0 Å². The van der Waals surface area contributed by atoms with E-state index in [4.69, 9.17) is 23.2 Å². The SMILES string of the molecule is C=CCC(NCC(F)(F)c1ccccn1)C(=O)N(CC(=O)NCc1cc(Cl)ccc1C)/C(Cl)=C\C. The van der Waals surface area contributed by atoms with Crippen molar-refractivity contribution in [3.8, 4) is 0 Å². The molecule has 2 aromatic rings. The molecule has 1 atom stereocenters. The van der Waals surface area contributed by atoms with Crippen LogP contribution in [0.4, 0.5) is 8.78 Å². The highest BCUT2D eigenvalue weighted by molar-refractivity contribution is 6.30. The third kappa shape index (κ3) is 8.42. The van der Waals surface area contributed by atoms with Crippen molar-refractivity contribution < 1.29 is 18.4 Å². The largest absolute Gasteiger partial charge is 0.350 e. The van der Waals surface area contributed by atoms with Crippen molar-refractivity contribution in [3.63, 3.8) is 0 Å². The minimum absolute atomic E-state index is 0.00330. The maximum atomic E-state index is 14.6. The summed E-state index contributed by atoms with van der Waals surface area (Å²) in [5, 5.41) is 5.85. The van der Waals surface area contributed by atoms with Crippen LogP contribution < -0.4 is 10.6 Å². The summed E-state index contributed by atoms with van der Waals surface area (Å²) in [6.45, 7) is 6.05. The van der Waals surface area contributed by atoms with Gasteiger partial charge in [-0.3, -0.25) is 24.8 Å². The first-order chi connectivity index (χ1) is 16.6. The van der Waals surface area contributed by atoms with E-state index in [1.807, 2.05) is 13.0 Å². The van der Waals surface area contributed by atoms with Crippen molar-refractivity contribution >= 4 is 35.0 Å². The highest BCUT2D eigenvalue weighted by Gasteiger charge is 2.35. The van der Waals surface area contributed by atoms with Crippen LogP contribution >= 0.6 is 23.2 Å². The highest BCUT2D eigenvalue weighted by atomic mass is 35.5. The van der Waals surface area contributed by atoms with Gasteiger partial charge in [0.15, 0.2) is 0 Å². The number of carbonyl (C=O) groups is 2. The number of hydrogen-bond donors (Lipinski definition) is 2. The lowest BCUT2D eigenvalue weighted by Crippen LogP contribution is -2.50. The molecule has 2 amide bonds. The van der Waals surface area contributed by atoms with E-state index in [2.05, 4.69) is 22.2 Å². The predicted molar refractivity (Wildman–Crippen MR) is 134 cm³/mol. The van der Waals surface area contributed by atoms with Gasteiger partial charge >= 0.3 is 5.92 Å². The number of aryl methyl sites for hydroxylation is 1. The van der Waals surface area contributed by atoms with Gasteiger partial charge in [0, 0.05) is 17.8 Å². The minimum atomic E-state index is -3.32. The summed E-state index contributed by atoms with van der Waals surface area (Å²) in [6, 6.07) is 8.44. The topological polar surface area (TPSA) is 74.3 Å². The molecule has 0 aliphatic heterocycles. The summed E-state index contributed by atoms with van der Waals surface area (Å²) in [6.07, 6.45) is 4.19. The average Bonchev–Trinajstić information content (AvgIpc) is 2.85. The average molecular weight is 525 g/mol. The predicted octanol–water partition coefficient (Wildman–Crippen LogP) is 4.91. The Balaban J connectivity index is 2.10. The number of halogens is 4. The molecule has 2 rings (SSSR count). The van der Waals surface area contributed by atoms with Gasteiger partial charge in [0.1, 0.15) is 17.4 Å². The van der Waals surface area contributed by atoms with E-state index < -0.39 is 42.6 Å². The van der Waals surface area contributed by atoms with E-state index in [0.29, 0.717) is 5.02 Å². The summed E-state index contributed by atoms with van der Waals surface area (Å²) in [7, 11) is 0. The van der Waals surface area contributed by atoms with Crippen LogP contribution in [0.1, 0.15) is 30.2 Å². The highest BCUT2D eigenvalue weighted by Crippen LogP contribution is 2.25. The van der Waals surface area contributed by atoms with Crippen LogP contribution in [-0.2, 0) is 22.1 Å². The monoisotopic (exact) mass is 524 g/mol. The van der Waals surface area contributed by atoms with Crippen LogP contribution in [0.2, 0.25) is 5.02 Å². The van der Waals surface area contributed by atoms with Crippen molar-refractivity contribution in [1.29, 1.82) is 0 Å². The molecule has 0 saturated carbocycles. The summed E-state index contributed by atoms with van der Waals surface area (Å²) in [5.41, 5.74) is 1.35. The fourth-order valence-electron chi connectivity index (χ4n) is 3.19. The second-order valence-corrected chi connectivity index (χ2v) is 8.58. The number of carbonyl (C=O) groups excluding carboxylic acids is 2. The van der Waals surface area contributed by atoms with Crippen LogP contribution in [0, 0.1) is 6.92 Å². The molecule has 6 nitrogen and oxygen atoms in total. The molecule has 0 saturated heterocycles. The lowest BCUT2D eigenvalue weighted by Gasteiger charge is -2.28. The fourth-order valence-corrected chi connectivity index (χ4v) is 3.52. The third-order valence-corrected chi connectivity index (χ3v) is 5.82.